The number of ketones is 1. The smallest absolute Gasteiger partial charge is 0.193 e. The van der Waals surface area contributed by atoms with Gasteiger partial charge in [0, 0.05) is 47.3 Å². The number of rotatable bonds is 4. The van der Waals surface area contributed by atoms with Crippen molar-refractivity contribution in [3.05, 3.63) is 108 Å². The van der Waals surface area contributed by atoms with Crippen LogP contribution in [-0.4, -0.2) is 14.9 Å². The first-order chi connectivity index (χ1) is 12.6. The molecular weight excluding hydrogens is 320 g/mol. The highest BCUT2D eigenvalue weighted by Gasteiger charge is 2.09. The number of hydrogen-bond donors (Lipinski definition) is 0. The lowest BCUT2D eigenvalue weighted by molar-refractivity contribution is 0.103. The zero-order valence-electron chi connectivity index (χ0n) is 14.9. The molecule has 26 heavy (non-hydrogen) atoms. The van der Waals surface area contributed by atoms with Crippen LogP contribution in [0.4, 0.5) is 0 Å². The second-order valence-electron chi connectivity index (χ2n) is 6.62. The number of nitrogens with zero attached hydrogens (tertiary/aromatic N) is 2. The lowest BCUT2D eigenvalue weighted by Crippen LogP contribution is -2.02. The SMILES string of the molecule is Cc1ccn(-c2ccc(C(=O)c3ccc(-n4ccc(C)c4)cc3)cc2)c1. The molecule has 3 heteroatoms. The van der Waals surface area contributed by atoms with E-state index in [-0.39, 0.29) is 5.78 Å². The largest absolute Gasteiger partial charge is 0.324 e. The molecule has 0 aliphatic rings. The second-order valence-corrected chi connectivity index (χ2v) is 6.62. The van der Waals surface area contributed by atoms with Crippen molar-refractivity contribution < 1.29 is 4.79 Å². The van der Waals surface area contributed by atoms with Crippen LogP contribution in [0.2, 0.25) is 0 Å². The fraction of sp³-hybridized carbons (Fsp3) is 0.0870. The number of aryl methyl sites for hydroxylation is 2. The Labute approximate surface area is 153 Å². The Morgan fingerprint density at radius 1 is 0.615 bits per heavy atom. The van der Waals surface area contributed by atoms with Crippen molar-refractivity contribution in [3.8, 4) is 11.4 Å². The Bertz CT molecular complexity index is 965. The summed E-state index contributed by atoms with van der Waals surface area (Å²) in [5, 5.41) is 0. The predicted octanol–water partition coefficient (Wildman–Crippen LogP) is 5.12. The van der Waals surface area contributed by atoms with Crippen LogP contribution in [-0.2, 0) is 0 Å². The summed E-state index contributed by atoms with van der Waals surface area (Å²) in [4.78, 5) is 12.7. The molecular formula is C23H20N2O. The highest BCUT2D eigenvalue weighted by molar-refractivity contribution is 6.09. The first kappa shape index (κ1) is 16.2. The van der Waals surface area contributed by atoms with Gasteiger partial charge in [-0.2, -0.15) is 0 Å². The summed E-state index contributed by atoms with van der Waals surface area (Å²) in [5.41, 5.74) is 5.91. The Kier molecular flexibility index (Phi) is 4.05. The number of hydrogen-bond acceptors (Lipinski definition) is 1. The van der Waals surface area contributed by atoms with Crippen LogP contribution in [0.15, 0.2) is 85.5 Å². The van der Waals surface area contributed by atoms with Gasteiger partial charge in [-0.15, -0.1) is 0 Å². The summed E-state index contributed by atoms with van der Waals surface area (Å²) in [6.45, 7) is 4.13. The van der Waals surface area contributed by atoms with Gasteiger partial charge in [-0.1, -0.05) is 0 Å². The van der Waals surface area contributed by atoms with Crippen molar-refractivity contribution >= 4 is 5.78 Å². The molecule has 128 valence electrons. The zero-order chi connectivity index (χ0) is 18.1. The normalized spacial score (nSPS) is 10.8. The maximum Gasteiger partial charge on any atom is 0.193 e. The fourth-order valence-electron chi connectivity index (χ4n) is 3.06. The minimum atomic E-state index is 0.0375. The molecule has 0 unspecified atom stereocenters. The molecule has 0 aliphatic heterocycles. The summed E-state index contributed by atoms with van der Waals surface area (Å²) in [6, 6.07) is 19.6. The Morgan fingerprint density at radius 2 is 1.00 bits per heavy atom. The van der Waals surface area contributed by atoms with E-state index in [0.717, 1.165) is 11.4 Å². The van der Waals surface area contributed by atoms with Crippen molar-refractivity contribution in [2.24, 2.45) is 0 Å². The van der Waals surface area contributed by atoms with Gasteiger partial charge < -0.3 is 9.13 Å². The molecule has 3 nitrogen and oxygen atoms in total. The minimum Gasteiger partial charge on any atom is -0.324 e. The second kappa shape index (κ2) is 6.52. The molecule has 0 atom stereocenters. The Balaban J connectivity index is 1.55. The van der Waals surface area contributed by atoms with E-state index in [1.165, 1.54) is 11.1 Å². The molecule has 4 aromatic rings. The molecule has 0 bridgehead atoms. The third kappa shape index (κ3) is 3.11. The van der Waals surface area contributed by atoms with Gasteiger partial charge >= 0.3 is 0 Å². The van der Waals surface area contributed by atoms with Gasteiger partial charge in [-0.3, -0.25) is 4.79 Å². The van der Waals surface area contributed by atoms with Crippen molar-refractivity contribution in [1.82, 2.24) is 9.13 Å². The molecule has 2 aromatic heterocycles. The summed E-state index contributed by atoms with van der Waals surface area (Å²) >= 11 is 0. The maximum absolute atomic E-state index is 12.7. The highest BCUT2D eigenvalue weighted by Crippen LogP contribution is 2.17. The van der Waals surface area contributed by atoms with Crippen LogP contribution >= 0.6 is 0 Å². The quantitative estimate of drug-likeness (QED) is 0.474. The molecule has 0 fully saturated rings. The van der Waals surface area contributed by atoms with E-state index >= 15 is 0 Å². The monoisotopic (exact) mass is 340 g/mol. The van der Waals surface area contributed by atoms with Crippen molar-refractivity contribution in [2.45, 2.75) is 13.8 Å². The van der Waals surface area contributed by atoms with Gasteiger partial charge in [0.15, 0.2) is 5.78 Å². The third-order valence-corrected chi connectivity index (χ3v) is 4.54. The molecule has 0 aliphatic carbocycles. The summed E-state index contributed by atoms with van der Waals surface area (Å²) in [6.07, 6.45) is 8.18. The number of benzene rings is 2. The molecule has 2 aromatic carbocycles. The van der Waals surface area contributed by atoms with Crippen LogP contribution < -0.4 is 0 Å². The molecule has 2 heterocycles. The molecule has 0 spiro atoms. The fourth-order valence-corrected chi connectivity index (χ4v) is 3.06. The van der Waals surface area contributed by atoms with E-state index < -0.39 is 0 Å². The third-order valence-electron chi connectivity index (χ3n) is 4.54. The molecule has 0 radical (unpaired) electrons. The minimum absolute atomic E-state index is 0.0375. The highest BCUT2D eigenvalue weighted by atomic mass is 16.1. The van der Waals surface area contributed by atoms with Crippen LogP contribution in [0.1, 0.15) is 27.0 Å². The molecule has 0 N–H and O–H groups in total. The van der Waals surface area contributed by atoms with Gasteiger partial charge in [0.05, 0.1) is 0 Å². The van der Waals surface area contributed by atoms with Gasteiger partial charge in [0.1, 0.15) is 0 Å². The lowest BCUT2D eigenvalue weighted by Gasteiger charge is -2.07. The van der Waals surface area contributed by atoms with Gasteiger partial charge in [-0.25, -0.2) is 0 Å². The van der Waals surface area contributed by atoms with Crippen LogP contribution in [0, 0.1) is 13.8 Å². The van der Waals surface area contributed by atoms with Crippen molar-refractivity contribution in [2.75, 3.05) is 0 Å². The van der Waals surface area contributed by atoms with Crippen LogP contribution in [0.5, 0.6) is 0 Å². The summed E-state index contributed by atoms with van der Waals surface area (Å²) in [7, 11) is 0. The molecule has 0 saturated heterocycles. The summed E-state index contributed by atoms with van der Waals surface area (Å²) in [5.74, 6) is 0.0375. The molecule has 0 amide bonds. The van der Waals surface area contributed by atoms with Crippen molar-refractivity contribution in [3.63, 3.8) is 0 Å². The first-order valence-corrected chi connectivity index (χ1v) is 8.65. The Hall–Kier alpha value is -3.33. The van der Waals surface area contributed by atoms with E-state index in [2.05, 4.69) is 47.5 Å². The summed E-state index contributed by atoms with van der Waals surface area (Å²) < 4.78 is 4.11. The van der Waals surface area contributed by atoms with Crippen molar-refractivity contribution in [1.29, 1.82) is 0 Å². The van der Waals surface area contributed by atoms with E-state index in [4.69, 9.17) is 0 Å². The average Bonchev–Trinajstić information content (AvgIpc) is 3.30. The molecule has 4 rings (SSSR count). The topological polar surface area (TPSA) is 26.9 Å². The lowest BCUT2D eigenvalue weighted by atomic mass is 10.0. The number of carbonyl (C=O) groups is 1. The van der Waals surface area contributed by atoms with Crippen LogP contribution in [0.25, 0.3) is 11.4 Å². The van der Waals surface area contributed by atoms with E-state index in [9.17, 15) is 4.79 Å². The average molecular weight is 340 g/mol. The Morgan fingerprint density at radius 3 is 1.31 bits per heavy atom. The van der Waals surface area contributed by atoms with Gasteiger partial charge in [-0.05, 0) is 85.6 Å². The number of carbonyl (C=O) groups excluding carboxylic acids is 1. The zero-order valence-corrected chi connectivity index (χ0v) is 14.9. The predicted molar refractivity (Wildman–Crippen MR) is 104 cm³/mol. The van der Waals surface area contributed by atoms with E-state index in [0.29, 0.717) is 11.1 Å². The van der Waals surface area contributed by atoms with E-state index in [1.807, 2.05) is 60.9 Å². The van der Waals surface area contributed by atoms with E-state index in [1.54, 1.807) is 0 Å². The van der Waals surface area contributed by atoms with Gasteiger partial charge in [0.2, 0.25) is 0 Å². The first-order valence-electron chi connectivity index (χ1n) is 8.65. The standard InChI is InChI=1S/C23H20N2O/c1-17-11-13-24(15-17)21-7-3-19(4-8-21)23(26)20-5-9-22(10-6-20)25-14-12-18(2)16-25/h3-16H,1-2H3. The van der Waals surface area contributed by atoms with Gasteiger partial charge in [0.25, 0.3) is 0 Å². The maximum atomic E-state index is 12.7. The van der Waals surface area contributed by atoms with Crippen LogP contribution in [0.3, 0.4) is 0 Å². The molecule has 0 saturated carbocycles. The number of aromatic nitrogens is 2.